The predicted octanol–water partition coefficient (Wildman–Crippen LogP) is 5.66. The van der Waals surface area contributed by atoms with Gasteiger partial charge in [0, 0.05) is 25.6 Å². The van der Waals surface area contributed by atoms with Crippen LogP contribution in [0.4, 0.5) is 0 Å². The van der Waals surface area contributed by atoms with Crippen molar-refractivity contribution >= 4 is 47.3 Å². The van der Waals surface area contributed by atoms with Crippen LogP contribution < -0.4 is 32.3 Å². The molecule has 0 spiro atoms. The number of carbonyl (C=O) groups is 8. The Morgan fingerprint density at radius 3 is 2.18 bits per heavy atom. The first-order valence-electron chi connectivity index (χ1n) is 27.4. The van der Waals surface area contributed by atoms with E-state index >= 15 is 0 Å². The third-order valence-corrected chi connectivity index (χ3v) is 17.6. The zero-order valence-electron chi connectivity index (χ0n) is 45.1. The Hall–Kier alpha value is -5.35. The summed E-state index contributed by atoms with van der Waals surface area (Å²) in [6, 6.07) is -0.775. The summed E-state index contributed by atoms with van der Waals surface area (Å²) in [5.41, 5.74) is 7.46. The van der Waals surface area contributed by atoms with Crippen LogP contribution >= 0.6 is 0 Å². The largest absolute Gasteiger partial charge is 0.461 e. The van der Waals surface area contributed by atoms with Gasteiger partial charge in [0.2, 0.25) is 35.4 Å². The van der Waals surface area contributed by atoms with Gasteiger partial charge in [-0.05, 0) is 149 Å². The van der Waals surface area contributed by atoms with Gasteiger partial charge in [-0.15, -0.1) is 0 Å². The van der Waals surface area contributed by atoms with E-state index in [4.69, 9.17) is 10.5 Å². The smallest absolute Gasteiger partial charge is 0.325 e. The predicted molar refractivity (Wildman–Crippen MR) is 277 cm³/mol. The van der Waals surface area contributed by atoms with Crippen LogP contribution in [0.15, 0.2) is 36.0 Å². The summed E-state index contributed by atoms with van der Waals surface area (Å²) in [5.74, 6) is -0.666. The number of aromatic nitrogens is 1. The first-order valence-corrected chi connectivity index (χ1v) is 27.4. The quantitative estimate of drug-likeness (QED) is 0.0615. The molecule has 5 aliphatic rings. The number of amides is 7. The van der Waals surface area contributed by atoms with Gasteiger partial charge in [0.15, 0.2) is 0 Å². The van der Waals surface area contributed by atoms with E-state index in [1.165, 1.54) is 75.1 Å². The minimum absolute atomic E-state index is 0.0804. The number of likely N-dealkylation sites (tertiary alicyclic amines) is 1. The second-order valence-corrected chi connectivity index (χ2v) is 23.6. The molecule has 13 atom stereocenters. The lowest BCUT2D eigenvalue weighted by molar-refractivity contribution is -0.152. The maximum absolute atomic E-state index is 14.3. The molecule has 2 heterocycles. The fourth-order valence-corrected chi connectivity index (χ4v) is 13.6. The van der Waals surface area contributed by atoms with Gasteiger partial charge in [-0.25, -0.2) is 0 Å². The van der Waals surface area contributed by atoms with Crippen molar-refractivity contribution in [2.45, 2.75) is 195 Å². The lowest BCUT2D eigenvalue weighted by Gasteiger charge is -2.58. The van der Waals surface area contributed by atoms with Crippen molar-refractivity contribution in [3.63, 3.8) is 0 Å². The van der Waals surface area contributed by atoms with Gasteiger partial charge >= 0.3 is 5.97 Å². The maximum Gasteiger partial charge on any atom is 0.325 e. The second-order valence-electron chi connectivity index (χ2n) is 23.6. The lowest BCUT2D eigenvalue weighted by Crippen LogP contribution is -2.58. The Labute approximate surface area is 433 Å². The molecule has 0 aromatic carbocycles. The Bertz CT molecular complexity index is 2200. The van der Waals surface area contributed by atoms with Crippen LogP contribution in [-0.2, 0) is 38.3 Å². The first-order chi connectivity index (χ1) is 34.5. The van der Waals surface area contributed by atoms with Crippen LogP contribution in [0.5, 0.6) is 0 Å². The Morgan fingerprint density at radius 2 is 1.49 bits per heavy atom. The zero-order valence-corrected chi connectivity index (χ0v) is 45.1. The van der Waals surface area contributed by atoms with E-state index in [0.29, 0.717) is 36.5 Å². The zero-order chi connectivity index (χ0) is 53.4. The fraction of sp³-hybridized carbons (Fsp3) is 0.732. The molecular formula is C56H86N8O9. The number of fused-ring (bicyclic) bond motifs is 5. The van der Waals surface area contributed by atoms with Crippen LogP contribution in [0.1, 0.15) is 169 Å². The van der Waals surface area contributed by atoms with Crippen LogP contribution in [0.25, 0.3) is 0 Å². The molecular weight excluding hydrogens is 929 g/mol. The first kappa shape index (κ1) is 56.9. The molecule has 3 saturated carbocycles. The summed E-state index contributed by atoms with van der Waals surface area (Å²) in [5, 5.41) is 13.1. The van der Waals surface area contributed by atoms with Crippen LogP contribution in [0.3, 0.4) is 0 Å². The molecule has 0 bridgehead atoms. The minimum atomic E-state index is -1.33. The highest BCUT2D eigenvalue weighted by Crippen LogP contribution is 2.67. The Balaban J connectivity index is 1.00. The molecule has 1 aliphatic heterocycles. The number of esters is 1. The summed E-state index contributed by atoms with van der Waals surface area (Å²) < 4.78 is 6.04. The Kier molecular flexibility index (Phi) is 19.3. The highest BCUT2D eigenvalue weighted by atomic mass is 16.5. The van der Waals surface area contributed by atoms with Crippen LogP contribution in [0.2, 0.25) is 0 Å². The number of nitrogens with two attached hydrogens (primary N) is 1. The fourth-order valence-electron chi connectivity index (χ4n) is 13.6. The summed E-state index contributed by atoms with van der Waals surface area (Å²) >= 11 is 0. The summed E-state index contributed by atoms with van der Waals surface area (Å²) in [6.07, 6.45) is 15.7. The number of nitrogens with zero attached hydrogens (tertiary/aromatic N) is 2. The van der Waals surface area contributed by atoms with Gasteiger partial charge in [0.1, 0.15) is 48.6 Å². The third kappa shape index (κ3) is 13.9. The molecule has 404 valence electrons. The van der Waals surface area contributed by atoms with Crippen molar-refractivity contribution in [3.8, 4) is 0 Å². The van der Waals surface area contributed by atoms with Crippen molar-refractivity contribution in [1.29, 1.82) is 0 Å². The number of nitrogens with one attached hydrogen (secondary N) is 5. The number of primary amides is 1. The lowest BCUT2D eigenvalue weighted by atomic mass is 9.47. The monoisotopic (exact) mass is 1010 g/mol. The third-order valence-electron chi connectivity index (χ3n) is 17.6. The van der Waals surface area contributed by atoms with E-state index in [0.717, 1.165) is 42.9 Å². The maximum atomic E-state index is 14.3. The molecule has 7 amide bonds. The second kappa shape index (κ2) is 24.8. The molecule has 6 rings (SSSR count). The number of hydrogen-bond acceptors (Lipinski definition) is 10. The molecule has 7 N–H and O–H groups in total. The number of pyridine rings is 1. The van der Waals surface area contributed by atoms with E-state index in [1.807, 2.05) is 13.8 Å². The van der Waals surface area contributed by atoms with E-state index in [2.05, 4.69) is 72.3 Å². The molecule has 0 unspecified atom stereocenters. The van der Waals surface area contributed by atoms with E-state index in [1.54, 1.807) is 12.1 Å². The van der Waals surface area contributed by atoms with Gasteiger partial charge in [-0.2, -0.15) is 0 Å². The number of rotatable bonds is 22. The van der Waals surface area contributed by atoms with Gasteiger partial charge in [-0.1, -0.05) is 79.0 Å². The molecule has 1 saturated heterocycles. The summed E-state index contributed by atoms with van der Waals surface area (Å²) in [6.45, 7) is 18.8. The normalized spacial score (nSPS) is 28.4. The molecule has 73 heavy (non-hydrogen) atoms. The number of hydrogen-bond donors (Lipinski definition) is 6. The van der Waals surface area contributed by atoms with Gasteiger partial charge < -0.3 is 42.0 Å². The minimum Gasteiger partial charge on any atom is -0.461 e. The van der Waals surface area contributed by atoms with Crippen molar-refractivity contribution in [2.24, 2.45) is 58.0 Å². The average Bonchev–Trinajstić information content (AvgIpc) is 3.98. The molecule has 1 aromatic heterocycles. The molecule has 4 fully saturated rings. The summed E-state index contributed by atoms with van der Waals surface area (Å²) in [7, 11) is 0. The molecule has 4 aliphatic carbocycles. The standard InChI is InChI=1S/C56H86N8O9/c1-32(2)15-16-34(5)40-19-20-41-39-18-17-37-30-38(23-25-55(37,8)42(39)24-26-56(40,41)9)73-48(66)31-59-53(71)46-14-12-28-64(46)54(72)45(29-33(3)4)63-52(70)44(21-22-47(57)65)62-50(68)36(7)60-49(67)35(6)61-51(69)43-13-10-11-27-58-43/h10-11,13,17,27,32-36,38-42,44-46H,12,14-16,18-26,28-31H2,1-9H3,(H2,57,65)(H,59,71)(H,60,67)(H,61,69)(H,62,68)(H,63,70)/t34-,35+,36+,38-,39+,40-,41+,42+,44+,45+,46+,55+,56-/m1/s1. The van der Waals surface area contributed by atoms with Gasteiger partial charge in [0.05, 0.1) is 0 Å². The number of carbonyl (C=O) groups excluding carboxylic acids is 8. The molecule has 0 radical (unpaired) electrons. The van der Waals surface area contributed by atoms with E-state index in [9.17, 15) is 38.4 Å². The van der Waals surface area contributed by atoms with Crippen molar-refractivity contribution < 1.29 is 43.1 Å². The molecule has 1 aromatic rings. The van der Waals surface area contributed by atoms with Gasteiger partial charge in [-0.3, -0.25) is 43.3 Å². The number of ether oxygens (including phenoxy) is 1. The van der Waals surface area contributed by atoms with Crippen molar-refractivity contribution in [3.05, 3.63) is 41.7 Å². The van der Waals surface area contributed by atoms with Gasteiger partial charge in [0.25, 0.3) is 5.91 Å². The van der Waals surface area contributed by atoms with E-state index in [-0.39, 0.29) is 55.5 Å². The average molecular weight is 1020 g/mol. The highest BCUT2D eigenvalue weighted by Gasteiger charge is 2.59. The number of allylic oxidation sites excluding steroid dienone is 1. The van der Waals surface area contributed by atoms with Crippen molar-refractivity contribution in [1.82, 2.24) is 36.5 Å². The van der Waals surface area contributed by atoms with E-state index < -0.39 is 77.5 Å². The Morgan fingerprint density at radius 1 is 0.781 bits per heavy atom. The van der Waals surface area contributed by atoms with Crippen LogP contribution in [0, 0.1) is 52.3 Å². The van der Waals surface area contributed by atoms with Crippen LogP contribution in [-0.4, -0.2) is 107 Å². The molecule has 17 nitrogen and oxygen atoms in total. The molecule has 17 heteroatoms. The summed E-state index contributed by atoms with van der Waals surface area (Å²) in [4.78, 5) is 111. The van der Waals surface area contributed by atoms with Crippen molar-refractivity contribution in [2.75, 3.05) is 13.1 Å². The highest BCUT2D eigenvalue weighted by molar-refractivity contribution is 5.98. The topological polar surface area (TPSA) is 248 Å². The SMILES string of the molecule is CC(C)CC[C@@H](C)[C@H]1CC[C@H]2[C@@H]3CC=C4C[C@H](OC(=O)CNC(=O)[C@@H]5CCCN5C(=O)[C@H](CC(C)C)NC(=O)[C@H](CCC(N)=O)NC(=O)[C@H](C)NC(=O)[C@H](C)NC(=O)c5ccccn5)CC[C@]4(C)[C@H]3CC[C@]12C.